The summed E-state index contributed by atoms with van der Waals surface area (Å²) in [7, 11) is 2.99. The predicted octanol–water partition coefficient (Wildman–Crippen LogP) is 3.05. The van der Waals surface area contributed by atoms with Crippen molar-refractivity contribution in [2.75, 3.05) is 19.5 Å². The molecule has 2 aromatic rings. The number of benzene rings is 1. The highest BCUT2D eigenvalue weighted by Gasteiger charge is 2.14. The Labute approximate surface area is 131 Å². The van der Waals surface area contributed by atoms with Gasteiger partial charge in [-0.25, -0.2) is 9.97 Å². The highest BCUT2D eigenvalue weighted by Crippen LogP contribution is 2.25. The van der Waals surface area contributed by atoms with Gasteiger partial charge in [-0.3, -0.25) is 4.79 Å². The van der Waals surface area contributed by atoms with Crippen LogP contribution in [0.4, 0.5) is 5.82 Å². The van der Waals surface area contributed by atoms with E-state index in [0.29, 0.717) is 17.1 Å². The average molecular weight is 328 g/mol. The van der Waals surface area contributed by atoms with Crippen LogP contribution in [0.3, 0.4) is 0 Å². The number of rotatable bonds is 4. The van der Waals surface area contributed by atoms with Crippen molar-refractivity contribution in [2.45, 2.75) is 0 Å². The second kappa shape index (κ2) is 6.60. The molecule has 0 aliphatic rings. The monoisotopic (exact) mass is 327 g/mol. The minimum atomic E-state index is -0.416. The van der Waals surface area contributed by atoms with Crippen LogP contribution in [0, 0.1) is 0 Å². The molecule has 21 heavy (non-hydrogen) atoms. The second-order valence-corrected chi connectivity index (χ2v) is 4.59. The van der Waals surface area contributed by atoms with Gasteiger partial charge in [0, 0.05) is 12.1 Å². The molecule has 0 radical (unpaired) electrons. The minimum Gasteiger partial charge on any atom is -0.497 e. The molecule has 0 unspecified atom stereocenters. The lowest BCUT2D eigenvalue weighted by Gasteiger charge is -2.10. The normalized spacial score (nSPS) is 10.1. The molecule has 8 heteroatoms. The van der Waals surface area contributed by atoms with Crippen LogP contribution in [0.15, 0.2) is 24.3 Å². The van der Waals surface area contributed by atoms with Crippen LogP contribution in [0.1, 0.15) is 10.4 Å². The van der Waals surface area contributed by atoms with E-state index >= 15 is 0 Å². The van der Waals surface area contributed by atoms with Gasteiger partial charge < -0.3 is 14.8 Å². The van der Waals surface area contributed by atoms with E-state index < -0.39 is 5.91 Å². The fraction of sp³-hybridized carbons (Fsp3) is 0.154. The summed E-state index contributed by atoms with van der Waals surface area (Å²) in [6.45, 7) is 0. The Morgan fingerprint density at radius 1 is 1.14 bits per heavy atom. The molecule has 1 aromatic carbocycles. The lowest BCUT2D eigenvalue weighted by Crippen LogP contribution is -2.14. The Morgan fingerprint density at radius 3 is 2.52 bits per heavy atom. The van der Waals surface area contributed by atoms with Crippen molar-refractivity contribution < 1.29 is 14.3 Å². The topological polar surface area (TPSA) is 73.3 Å². The number of methoxy groups -OCH3 is 2. The van der Waals surface area contributed by atoms with E-state index in [1.54, 1.807) is 18.2 Å². The largest absolute Gasteiger partial charge is 0.497 e. The number of amides is 1. The van der Waals surface area contributed by atoms with Gasteiger partial charge in [-0.05, 0) is 23.7 Å². The maximum absolute atomic E-state index is 12.2. The van der Waals surface area contributed by atoms with Crippen LogP contribution in [0.2, 0.25) is 10.4 Å². The summed E-state index contributed by atoms with van der Waals surface area (Å²) in [4.78, 5) is 19.8. The van der Waals surface area contributed by atoms with Crippen molar-refractivity contribution in [3.05, 3.63) is 40.3 Å². The zero-order valence-corrected chi connectivity index (χ0v) is 12.7. The molecule has 1 amide bonds. The van der Waals surface area contributed by atoms with Gasteiger partial charge in [0.25, 0.3) is 5.91 Å². The molecule has 0 fully saturated rings. The van der Waals surface area contributed by atoms with Crippen LogP contribution in [0.5, 0.6) is 11.5 Å². The van der Waals surface area contributed by atoms with Crippen molar-refractivity contribution in [3.8, 4) is 11.5 Å². The summed E-state index contributed by atoms with van der Waals surface area (Å²) in [5.41, 5.74) is 0.323. The number of aromatic nitrogens is 2. The Balaban J connectivity index is 2.27. The van der Waals surface area contributed by atoms with Gasteiger partial charge in [-0.2, -0.15) is 0 Å². The van der Waals surface area contributed by atoms with Gasteiger partial charge in [0.15, 0.2) is 0 Å². The molecule has 0 spiro atoms. The van der Waals surface area contributed by atoms with Crippen molar-refractivity contribution in [1.82, 2.24) is 9.97 Å². The Kier molecular flexibility index (Phi) is 4.82. The van der Waals surface area contributed by atoms with Crippen LogP contribution < -0.4 is 14.8 Å². The average Bonchev–Trinajstić information content (AvgIpc) is 2.45. The number of nitrogens with zero attached hydrogens (tertiary/aromatic N) is 2. The minimum absolute atomic E-state index is 0.0560. The lowest BCUT2D eigenvalue weighted by molar-refractivity contribution is 0.102. The van der Waals surface area contributed by atoms with Gasteiger partial charge in [0.1, 0.15) is 22.5 Å². The van der Waals surface area contributed by atoms with E-state index in [1.807, 2.05) is 0 Å². The number of carbonyl (C=O) groups excluding carboxylic acids is 1. The molecule has 0 saturated carbocycles. The fourth-order valence-electron chi connectivity index (χ4n) is 1.62. The standard InChI is InChI=1S/C13H11Cl2N3O3/c1-20-7-3-4-8(9(5-7)21-2)12(19)17-11-6-10(14)16-13(15)18-11/h3-6H,1-2H3,(H,16,17,18,19). The van der Waals surface area contributed by atoms with Gasteiger partial charge >= 0.3 is 0 Å². The van der Waals surface area contributed by atoms with E-state index in [9.17, 15) is 4.79 Å². The van der Waals surface area contributed by atoms with Crippen LogP contribution >= 0.6 is 23.2 Å². The third kappa shape index (κ3) is 3.74. The molecule has 0 aliphatic carbocycles. The zero-order valence-electron chi connectivity index (χ0n) is 11.2. The number of nitrogens with one attached hydrogen (secondary N) is 1. The SMILES string of the molecule is COc1ccc(C(=O)Nc2cc(Cl)nc(Cl)n2)c(OC)c1. The first-order chi connectivity index (χ1) is 10.0. The number of ether oxygens (including phenoxy) is 2. The first-order valence-electron chi connectivity index (χ1n) is 5.77. The molecule has 2 rings (SSSR count). The summed E-state index contributed by atoms with van der Waals surface area (Å²) in [6.07, 6.45) is 0. The molecule has 110 valence electrons. The van der Waals surface area contributed by atoms with Crippen LogP contribution in [-0.4, -0.2) is 30.1 Å². The Hall–Kier alpha value is -2.05. The lowest BCUT2D eigenvalue weighted by atomic mass is 10.1. The van der Waals surface area contributed by atoms with E-state index in [2.05, 4.69) is 15.3 Å². The van der Waals surface area contributed by atoms with Gasteiger partial charge in [0.2, 0.25) is 5.28 Å². The number of hydrogen-bond donors (Lipinski definition) is 1. The van der Waals surface area contributed by atoms with Crippen LogP contribution in [0.25, 0.3) is 0 Å². The molecular formula is C13H11Cl2N3O3. The van der Waals surface area contributed by atoms with Crippen molar-refractivity contribution in [2.24, 2.45) is 0 Å². The van der Waals surface area contributed by atoms with Crippen molar-refractivity contribution in [1.29, 1.82) is 0 Å². The molecule has 0 saturated heterocycles. The van der Waals surface area contributed by atoms with Crippen LogP contribution in [-0.2, 0) is 0 Å². The molecule has 6 nitrogen and oxygen atoms in total. The molecule has 1 N–H and O–H groups in total. The van der Waals surface area contributed by atoms with Crippen molar-refractivity contribution >= 4 is 34.9 Å². The molecule has 0 aliphatic heterocycles. The van der Waals surface area contributed by atoms with E-state index in [1.165, 1.54) is 20.3 Å². The molecule has 1 heterocycles. The summed E-state index contributed by atoms with van der Waals surface area (Å²) in [6, 6.07) is 6.23. The maximum atomic E-state index is 12.2. The summed E-state index contributed by atoms with van der Waals surface area (Å²) < 4.78 is 10.2. The van der Waals surface area contributed by atoms with E-state index in [4.69, 9.17) is 32.7 Å². The first-order valence-corrected chi connectivity index (χ1v) is 6.52. The van der Waals surface area contributed by atoms with Gasteiger partial charge in [-0.15, -0.1) is 0 Å². The summed E-state index contributed by atoms with van der Waals surface area (Å²) >= 11 is 11.4. The Morgan fingerprint density at radius 2 is 1.90 bits per heavy atom. The zero-order chi connectivity index (χ0) is 15.4. The third-order valence-corrected chi connectivity index (χ3v) is 2.93. The summed E-state index contributed by atoms with van der Waals surface area (Å²) in [5.74, 6) is 0.734. The number of anilines is 1. The van der Waals surface area contributed by atoms with Crippen molar-refractivity contribution in [3.63, 3.8) is 0 Å². The molecule has 1 aromatic heterocycles. The number of hydrogen-bond acceptors (Lipinski definition) is 5. The molecule has 0 atom stereocenters. The predicted molar refractivity (Wildman–Crippen MR) is 79.6 cm³/mol. The van der Waals surface area contributed by atoms with Gasteiger partial charge in [-0.1, -0.05) is 11.6 Å². The molecule has 0 bridgehead atoms. The quantitative estimate of drug-likeness (QED) is 0.690. The first kappa shape index (κ1) is 15.3. The number of carbonyl (C=O) groups is 1. The third-order valence-electron chi connectivity index (χ3n) is 2.56. The fourth-order valence-corrected chi connectivity index (χ4v) is 2.03. The second-order valence-electron chi connectivity index (χ2n) is 3.87. The Bertz CT molecular complexity index is 659. The maximum Gasteiger partial charge on any atom is 0.260 e. The summed E-state index contributed by atoms with van der Waals surface area (Å²) in [5, 5.41) is 2.65. The highest BCUT2D eigenvalue weighted by molar-refractivity contribution is 6.32. The number of halogens is 2. The molecular weight excluding hydrogens is 317 g/mol. The smallest absolute Gasteiger partial charge is 0.260 e. The highest BCUT2D eigenvalue weighted by atomic mass is 35.5. The van der Waals surface area contributed by atoms with Gasteiger partial charge in [0.05, 0.1) is 19.8 Å². The van der Waals surface area contributed by atoms with E-state index in [0.717, 1.165) is 0 Å². The van der Waals surface area contributed by atoms with E-state index in [-0.39, 0.29) is 16.3 Å².